The van der Waals surface area contributed by atoms with Crippen LogP contribution in [0.25, 0.3) is 0 Å². The van der Waals surface area contributed by atoms with Gasteiger partial charge in [-0.15, -0.1) is 0 Å². The summed E-state index contributed by atoms with van der Waals surface area (Å²) < 4.78 is 5.50. The number of rotatable bonds is 5. The van der Waals surface area contributed by atoms with Crippen LogP contribution in [0, 0.1) is 0 Å². The molecule has 4 nitrogen and oxygen atoms in total. The molecule has 94 valence electrons. The lowest BCUT2D eigenvalue weighted by Crippen LogP contribution is -2.47. The van der Waals surface area contributed by atoms with Crippen LogP contribution in [0.1, 0.15) is 24.8 Å². The van der Waals surface area contributed by atoms with Crippen LogP contribution in [0.2, 0.25) is 0 Å². The predicted molar refractivity (Wildman–Crippen MR) is 65.1 cm³/mol. The second kappa shape index (κ2) is 4.94. The fourth-order valence-electron chi connectivity index (χ4n) is 2.14. The molecule has 1 aromatic carbocycles. The van der Waals surface area contributed by atoms with E-state index in [9.17, 15) is 10.2 Å². The maximum atomic E-state index is 9.36. The van der Waals surface area contributed by atoms with Crippen molar-refractivity contribution in [1.29, 1.82) is 0 Å². The van der Waals surface area contributed by atoms with Gasteiger partial charge in [-0.3, -0.25) is 0 Å². The topological polar surface area (TPSA) is 61.7 Å². The van der Waals surface area contributed by atoms with Crippen LogP contribution in [-0.4, -0.2) is 29.5 Å². The van der Waals surface area contributed by atoms with Gasteiger partial charge in [-0.2, -0.15) is 0 Å². The molecule has 1 aliphatic rings. The molecule has 2 rings (SSSR count). The molecule has 17 heavy (non-hydrogen) atoms. The van der Waals surface area contributed by atoms with E-state index in [4.69, 9.17) is 4.74 Å². The average Bonchev–Trinajstić information content (AvgIpc) is 2.27. The fourth-order valence-corrected chi connectivity index (χ4v) is 2.14. The normalized spacial score (nSPS) is 17.7. The molecular formula is C13H19NO3. The van der Waals surface area contributed by atoms with E-state index in [1.165, 1.54) is 12.5 Å². The molecule has 0 aliphatic heterocycles. The van der Waals surface area contributed by atoms with Crippen molar-refractivity contribution >= 4 is 0 Å². The predicted octanol–water partition coefficient (Wildman–Crippen LogP) is 1.76. The summed E-state index contributed by atoms with van der Waals surface area (Å²) >= 11 is 0. The molecule has 1 fully saturated rings. The minimum Gasteiger partial charge on any atom is -0.504 e. The molecular weight excluding hydrogens is 218 g/mol. The third-order valence-electron chi connectivity index (χ3n) is 3.51. The van der Waals surface area contributed by atoms with Crippen molar-refractivity contribution in [2.75, 3.05) is 13.7 Å². The van der Waals surface area contributed by atoms with Gasteiger partial charge in [-0.25, -0.2) is 0 Å². The average molecular weight is 237 g/mol. The summed E-state index contributed by atoms with van der Waals surface area (Å²) in [6.07, 6.45) is 3.45. The van der Waals surface area contributed by atoms with E-state index in [0.29, 0.717) is 6.54 Å². The standard InChI is InChI=1S/C13H19NO3/c1-17-13(5-2-6-13)9-14-8-10-3-4-11(15)12(16)7-10/h3-4,7,14-16H,2,5-6,8-9H2,1H3. The molecule has 0 amide bonds. The smallest absolute Gasteiger partial charge is 0.157 e. The molecule has 1 aliphatic carbocycles. The highest BCUT2D eigenvalue weighted by Crippen LogP contribution is 2.34. The van der Waals surface area contributed by atoms with E-state index >= 15 is 0 Å². The first-order valence-corrected chi connectivity index (χ1v) is 5.92. The van der Waals surface area contributed by atoms with E-state index in [-0.39, 0.29) is 17.1 Å². The lowest BCUT2D eigenvalue weighted by atomic mass is 9.80. The number of hydrogen-bond acceptors (Lipinski definition) is 4. The van der Waals surface area contributed by atoms with Crippen molar-refractivity contribution in [3.8, 4) is 11.5 Å². The van der Waals surface area contributed by atoms with Crippen molar-refractivity contribution in [3.63, 3.8) is 0 Å². The van der Waals surface area contributed by atoms with Crippen LogP contribution in [-0.2, 0) is 11.3 Å². The first-order valence-electron chi connectivity index (χ1n) is 5.92. The Hall–Kier alpha value is -1.26. The van der Waals surface area contributed by atoms with Gasteiger partial charge in [0.05, 0.1) is 5.60 Å². The number of methoxy groups -OCH3 is 1. The van der Waals surface area contributed by atoms with Gasteiger partial charge in [0.2, 0.25) is 0 Å². The number of hydrogen-bond donors (Lipinski definition) is 3. The number of aromatic hydroxyl groups is 2. The van der Waals surface area contributed by atoms with E-state index < -0.39 is 0 Å². The van der Waals surface area contributed by atoms with Gasteiger partial charge in [0.25, 0.3) is 0 Å². The summed E-state index contributed by atoms with van der Waals surface area (Å²) in [5, 5.41) is 21.9. The van der Waals surface area contributed by atoms with Crippen LogP contribution in [0.4, 0.5) is 0 Å². The highest BCUT2D eigenvalue weighted by Gasteiger charge is 2.36. The van der Waals surface area contributed by atoms with Crippen LogP contribution in [0.15, 0.2) is 18.2 Å². The molecule has 1 saturated carbocycles. The zero-order valence-electron chi connectivity index (χ0n) is 10.1. The summed E-state index contributed by atoms with van der Waals surface area (Å²) in [5.74, 6) is -0.157. The second-order valence-corrected chi connectivity index (χ2v) is 4.67. The summed E-state index contributed by atoms with van der Waals surface area (Å²) in [5.41, 5.74) is 0.963. The Kier molecular flexibility index (Phi) is 3.54. The largest absolute Gasteiger partial charge is 0.504 e. The Bertz CT molecular complexity index is 383. The molecule has 0 radical (unpaired) electrons. The fraction of sp³-hybridized carbons (Fsp3) is 0.538. The lowest BCUT2D eigenvalue weighted by Gasteiger charge is -2.40. The highest BCUT2D eigenvalue weighted by molar-refractivity contribution is 5.40. The van der Waals surface area contributed by atoms with E-state index in [0.717, 1.165) is 24.9 Å². The molecule has 0 saturated heterocycles. The number of nitrogens with one attached hydrogen (secondary N) is 1. The van der Waals surface area contributed by atoms with Crippen molar-refractivity contribution in [1.82, 2.24) is 5.32 Å². The molecule has 0 unspecified atom stereocenters. The maximum absolute atomic E-state index is 9.36. The third-order valence-corrected chi connectivity index (χ3v) is 3.51. The molecule has 0 heterocycles. The first kappa shape index (κ1) is 12.2. The van der Waals surface area contributed by atoms with E-state index in [1.54, 1.807) is 19.2 Å². The van der Waals surface area contributed by atoms with Gasteiger partial charge >= 0.3 is 0 Å². The van der Waals surface area contributed by atoms with Crippen molar-refractivity contribution < 1.29 is 14.9 Å². The molecule has 4 heteroatoms. The van der Waals surface area contributed by atoms with Crippen molar-refractivity contribution in [3.05, 3.63) is 23.8 Å². The molecule has 0 spiro atoms. The number of benzene rings is 1. The second-order valence-electron chi connectivity index (χ2n) is 4.67. The molecule has 0 aromatic heterocycles. The Morgan fingerprint density at radius 1 is 1.29 bits per heavy atom. The van der Waals surface area contributed by atoms with Gasteiger partial charge < -0.3 is 20.3 Å². The van der Waals surface area contributed by atoms with Crippen LogP contribution in [0.5, 0.6) is 11.5 Å². The first-order chi connectivity index (χ1) is 8.15. The third kappa shape index (κ3) is 2.70. The van der Waals surface area contributed by atoms with Gasteiger partial charge in [0.15, 0.2) is 11.5 Å². The summed E-state index contributed by atoms with van der Waals surface area (Å²) in [4.78, 5) is 0. The van der Waals surface area contributed by atoms with E-state index in [2.05, 4.69) is 5.32 Å². The Morgan fingerprint density at radius 2 is 2.06 bits per heavy atom. The summed E-state index contributed by atoms with van der Waals surface area (Å²) in [6, 6.07) is 4.87. The van der Waals surface area contributed by atoms with Crippen LogP contribution >= 0.6 is 0 Å². The zero-order chi connectivity index (χ0) is 12.3. The van der Waals surface area contributed by atoms with Crippen LogP contribution in [0.3, 0.4) is 0 Å². The van der Waals surface area contributed by atoms with Crippen molar-refractivity contribution in [2.45, 2.75) is 31.4 Å². The van der Waals surface area contributed by atoms with Gasteiger partial charge in [-0.1, -0.05) is 6.07 Å². The quantitative estimate of drug-likeness (QED) is 0.683. The highest BCUT2D eigenvalue weighted by atomic mass is 16.5. The monoisotopic (exact) mass is 237 g/mol. The van der Waals surface area contributed by atoms with Crippen LogP contribution < -0.4 is 5.32 Å². The molecule has 0 bridgehead atoms. The van der Waals surface area contributed by atoms with E-state index in [1.807, 2.05) is 0 Å². The number of phenolic OH excluding ortho intramolecular Hbond substituents is 2. The van der Waals surface area contributed by atoms with Crippen molar-refractivity contribution in [2.24, 2.45) is 0 Å². The molecule has 0 atom stereocenters. The minimum absolute atomic E-state index is 0.0129. The van der Waals surface area contributed by atoms with Gasteiger partial charge in [0, 0.05) is 20.2 Å². The Labute approximate surface area is 101 Å². The maximum Gasteiger partial charge on any atom is 0.157 e. The number of ether oxygens (including phenoxy) is 1. The minimum atomic E-state index is -0.0823. The molecule has 3 N–H and O–H groups in total. The summed E-state index contributed by atoms with van der Waals surface area (Å²) in [7, 11) is 1.76. The SMILES string of the molecule is COC1(CNCc2ccc(O)c(O)c2)CCC1. The Morgan fingerprint density at radius 3 is 2.59 bits per heavy atom. The zero-order valence-corrected chi connectivity index (χ0v) is 10.1. The molecule has 1 aromatic rings. The van der Waals surface area contributed by atoms with Gasteiger partial charge in [0.1, 0.15) is 0 Å². The lowest BCUT2D eigenvalue weighted by molar-refractivity contribution is -0.0695. The number of phenols is 2. The summed E-state index contributed by atoms with van der Waals surface area (Å²) in [6.45, 7) is 1.49. The van der Waals surface area contributed by atoms with Gasteiger partial charge in [-0.05, 0) is 37.0 Å². The Balaban J connectivity index is 1.83.